The molecule has 1 aromatic heterocycles. The molecule has 1 heterocycles. The number of alkyl halides is 3. The van der Waals surface area contributed by atoms with Gasteiger partial charge in [-0.25, -0.2) is 0 Å². The summed E-state index contributed by atoms with van der Waals surface area (Å²) in [6.45, 7) is 6.05. The Hall–Kier alpha value is -1.00. The highest BCUT2D eigenvalue weighted by molar-refractivity contribution is 5.46. The minimum absolute atomic E-state index is 0.0784. The van der Waals surface area contributed by atoms with Crippen molar-refractivity contribution >= 4 is 0 Å². The summed E-state index contributed by atoms with van der Waals surface area (Å²) in [5, 5.41) is 3.26. The Morgan fingerprint density at radius 2 is 1.94 bits per heavy atom. The van der Waals surface area contributed by atoms with Gasteiger partial charge in [0.05, 0.1) is 0 Å². The highest BCUT2D eigenvalue weighted by atomic mass is 19.4. The average molecular weight is 245 g/mol. The summed E-state index contributed by atoms with van der Waals surface area (Å²) in [5.41, 5.74) is -0.974. The summed E-state index contributed by atoms with van der Waals surface area (Å²) < 4.78 is 43.6. The van der Waals surface area contributed by atoms with Gasteiger partial charge in [-0.15, -0.1) is 0 Å². The second-order valence-electron chi connectivity index (χ2n) is 5.92. The van der Waals surface area contributed by atoms with Gasteiger partial charge in [-0.1, -0.05) is 25.9 Å². The molecule has 0 aromatic carbocycles. The molecule has 0 N–H and O–H groups in total. The molecule has 5 heteroatoms. The van der Waals surface area contributed by atoms with Crippen molar-refractivity contribution in [3.63, 3.8) is 0 Å². The summed E-state index contributed by atoms with van der Waals surface area (Å²) in [4.78, 5) is 0. The fourth-order valence-electron chi connectivity index (χ4n) is 3.63. The van der Waals surface area contributed by atoms with Gasteiger partial charge in [0, 0.05) is 11.0 Å². The van der Waals surface area contributed by atoms with Crippen LogP contribution >= 0.6 is 0 Å². The van der Waals surface area contributed by atoms with Gasteiger partial charge in [-0.05, 0) is 24.2 Å². The van der Waals surface area contributed by atoms with Crippen molar-refractivity contribution < 1.29 is 17.7 Å². The number of hydrogen-bond donors (Lipinski definition) is 0. The first kappa shape index (κ1) is 11.1. The van der Waals surface area contributed by atoms with Crippen molar-refractivity contribution in [1.82, 2.24) is 5.16 Å². The van der Waals surface area contributed by atoms with Crippen molar-refractivity contribution in [2.75, 3.05) is 0 Å². The maximum atomic E-state index is 12.9. The van der Waals surface area contributed by atoms with E-state index >= 15 is 0 Å². The Labute approximate surface area is 97.2 Å². The van der Waals surface area contributed by atoms with Gasteiger partial charge in [0.1, 0.15) is 5.76 Å². The Morgan fingerprint density at radius 1 is 1.29 bits per heavy atom. The number of rotatable bonds is 0. The maximum absolute atomic E-state index is 12.9. The largest absolute Gasteiger partial charge is 0.437 e. The predicted octanol–water partition coefficient (Wildman–Crippen LogP) is 3.87. The number of hydrogen-bond acceptors (Lipinski definition) is 2. The molecule has 94 valence electrons. The molecule has 3 rings (SSSR count). The second-order valence-corrected chi connectivity index (χ2v) is 5.92. The van der Waals surface area contributed by atoms with Gasteiger partial charge in [0.15, 0.2) is 5.69 Å². The molecule has 1 aromatic rings. The zero-order valence-corrected chi connectivity index (χ0v) is 9.98. The lowest BCUT2D eigenvalue weighted by molar-refractivity contribution is -0.143. The summed E-state index contributed by atoms with van der Waals surface area (Å²) in [5.74, 6) is 0.386. The Morgan fingerprint density at radius 3 is 2.53 bits per heavy atom. The Kier molecular flexibility index (Phi) is 1.76. The topological polar surface area (TPSA) is 26.0 Å². The normalized spacial score (nSPS) is 34.1. The summed E-state index contributed by atoms with van der Waals surface area (Å²) in [6, 6.07) is 0. The number of aromatic nitrogens is 1. The fourth-order valence-corrected chi connectivity index (χ4v) is 3.63. The van der Waals surface area contributed by atoms with Crippen LogP contribution in [0.15, 0.2) is 4.52 Å². The summed E-state index contributed by atoms with van der Waals surface area (Å²) in [6.07, 6.45) is -2.74. The molecule has 0 amide bonds. The van der Waals surface area contributed by atoms with E-state index in [9.17, 15) is 13.2 Å². The molecule has 2 atom stereocenters. The van der Waals surface area contributed by atoms with Crippen LogP contribution < -0.4 is 0 Å². The third-order valence-corrected chi connectivity index (χ3v) is 5.07. The van der Waals surface area contributed by atoms with E-state index in [1.807, 2.05) is 20.8 Å². The molecule has 17 heavy (non-hydrogen) atoms. The van der Waals surface area contributed by atoms with Crippen LogP contribution in [0.2, 0.25) is 0 Å². The van der Waals surface area contributed by atoms with E-state index in [1.54, 1.807) is 0 Å². The monoisotopic (exact) mass is 245 g/mol. The van der Waals surface area contributed by atoms with E-state index in [-0.39, 0.29) is 16.7 Å². The van der Waals surface area contributed by atoms with Crippen molar-refractivity contribution in [1.29, 1.82) is 0 Å². The molecule has 0 radical (unpaired) electrons. The van der Waals surface area contributed by atoms with E-state index in [2.05, 4.69) is 5.16 Å². The number of nitrogens with zero attached hydrogens (tertiary/aromatic N) is 1. The smallest absolute Gasteiger partial charge is 0.360 e. The van der Waals surface area contributed by atoms with Gasteiger partial charge < -0.3 is 4.52 Å². The van der Waals surface area contributed by atoms with Crippen molar-refractivity contribution in [2.24, 2.45) is 5.41 Å². The number of halogens is 3. The van der Waals surface area contributed by atoms with Crippen LogP contribution in [-0.2, 0) is 11.6 Å². The molecule has 0 saturated heterocycles. The molecule has 2 nitrogen and oxygen atoms in total. The molecular formula is C12H14F3NO. The molecular weight excluding hydrogens is 231 g/mol. The Balaban J connectivity index is 2.24. The predicted molar refractivity (Wildman–Crippen MR) is 54.6 cm³/mol. The minimum Gasteiger partial charge on any atom is -0.360 e. The highest BCUT2D eigenvalue weighted by Crippen LogP contribution is 2.69. The molecule has 2 bridgehead atoms. The molecule has 2 aliphatic carbocycles. The first-order valence-corrected chi connectivity index (χ1v) is 5.77. The van der Waals surface area contributed by atoms with Crippen molar-refractivity contribution in [3.8, 4) is 0 Å². The van der Waals surface area contributed by atoms with Gasteiger partial charge in [-0.3, -0.25) is 0 Å². The van der Waals surface area contributed by atoms with Crippen LogP contribution in [0.5, 0.6) is 0 Å². The van der Waals surface area contributed by atoms with E-state index in [0.29, 0.717) is 11.3 Å². The van der Waals surface area contributed by atoms with Crippen LogP contribution in [0.1, 0.15) is 56.5 Å². The molecule has 1 saturated carbocycles. The van der Waals surface area contributed by atoms with E-state index < -0.39 is 11.9 Å². The van der Waals surface area contributed by atoms with Crippen LogP contribution in [0.3, 0.4) is 0 Å². The van der Waals surface area contributed by atoms with E-state index in [4.69, 9.17) is 4.52 Å². The molecule has 0 unspecified atom stereocenters. The Bertz CT molecular complexity index is 488. The SMILES string of the molecule is CC1(C)[C@H]2CC[C@]1(C)c1onc(C(F)(F)F)c12. The molecule has 1 fully saturated rings. The standard InChI is InChI=1S/C12H14F3NO/c1-10(2)6-4-5-11(10,3)9-7(6)8(16-17-9)12(13,14)15/h6H,4-5H2,1-3H3/t6-,11+/m0/s1. The summed E-state index contributed by atoms with van der Waals surface area (Å²) in [7, 11) is 0. The molecule has 0 aliphatic heterocycles. The van der Waals surface area contributed by atoms with Crippen LogP contribution in [0.25, 0.3) is 0 Å². The van der Waals surface area contributed by atoms with Crippen LogP contribution in [0.4, 0.5) is 13.2 Å². The van der Waals surface area contributed by atoms with Gasteiger partial charge in [0.2, 0.25) is 0 Å². The highest BCUT2D eigenvalue weighted by Gasteiger charge is 2.64. The lowest BCUT2D eigenvalue weighted by Gasteiger charge is -2.33. The fraction of sp³-hybridized carbons (Fsp3) is 0.750. The van der Waals surface area contributed by atoms with E-state index in [1.165, 1.54) is 0 Å². The summed E-state index contributed by atoms with van der Waals surface area (Å²) >= 11 is 0. The van der Waals surface area contributed by atoms with Crippen molar-refractivity contribution in [3.05, 3.63) is 17.0 Å². The first-order valence-electron chi connectivity index (χ1n) is 5.77. The zero-order chi connectivity index (χ0) is 12.6. The maximum Gasteiger partial charge on any atom is 0.437 e. The molecule has 2 aliphatic rings. The third-order valence-electron chi connectivity index (χ3n) is 5.07. The number of fused-ring (bicyclic) bond motifs is 5. The van der Waals surface area contributed by atoms with Crippen LogP contribution in [0, 0.1) is 5.41 Å². The molecule has 0 spiro atoms. The van der Waals surface area contributed by atoms with E-state index in [0.717, 1.165) is 12.8 Å². The second kappa shape index (κ2) is 2.70. The quantitative estimate of drug-likeness (QED) is 0.693. The van der Waals surface area contributed by atoms with Gasteiger partial charge in [0.25, 0.3) is 0 Å². The lowest BCUT2D eigenvalue weighted by Crippen LogP contribution is -2.31. The first-order chi connectivity index (χ1) is 7.69. The average Bonchev–Trinajstić information content (AvgIpc) is 2.73. The van der Waals surface area contributed by atoms with Crippen molar-refractivity contribution in [2.45, 2.75) is 51.1 Å². The third kappa shape index (κ3) is 1.06. The minimum atomic E-state index is -4.41. The lowest BCUT2D eigenvalue weighted by atomic mass is 9.70. The zero-order valence-electron chi connectivity index (χ0n) is 9.98. The van der Waals surface area contributed by atoms with Gasteiger partial charge >= 0.3 is 6.18 Å². The van der Waals surface area contributed by atoms with Crippen LogP contribution in [-0.4, -0.2) is 5.16 Å². The van der Waals surface area contributed by atoms with Gasteiger partial charge in [-0.2, -0.15) is 13.2 Å².